The van der Waals surface area contributed by atoms with Crippen LogP contribution in [0.15, 0.2) is 0 Å². The third kappa shape index (κ3) is 9.06. The smallest absolute Gasteiger partial charge is 0 e. The molecule has 0 unspecified atom stereocenters. The second-order valence-electron chi connectivity index (χ2n) is 0. The van der Waals surface area contributed by atoms with Crippen molar-refractivity contribution in [2.75, 3.05) is 0 Å². The summed E-state index contributed by atoms with van der Waals surface area (Å²) < 4.78 is 0. The van der Waals surface area contributed by atoms with Crippen LogP contribution < -0.4 is 0 Å². The zero-order valence-electron chi connectivity index (χ0n) is 2.02. The standard InChI is InChI=1S/Nb.Ti.Y.Zr. The molecule has 0 spiro atoms. The molecule has 4 heteroatoms. The molecule has 0 N–H and O–H groups in total. The molecule has 0 nitrogen and oxygen atoms in total. The number of rotatable bonds is 0. The summed E-state index contributed by atoms with van der Waals surface area (Å²) in [7, 11) is 0. The van der Waals surface area contributed by atoms with E-state index in [1.807, 2.05) is 0 Å². The van der Waals surface area contributed by atoms with Gasteiger partial charge in [0.2, 0.25) is 0 Å². The van der Waals surface area contributed by atoms with Gasteiger partial charge in [-0.3, -0.25) is 0 Å². The van der Waals surface area contributed by atoms with Gasteiger partial charge in [-0.2, -0.15) is 0 Å². The number of hydrogen-bond donors (Lipinski definition) is 0. The van der Waals surface area contributed by atoms with Crippen LogP contribution in [0.25, 0.3) is 0 Å². The predicted molar refractivity (Wildman–Crippen MR) is 0 cm³/mol. The fraction of sp³-hybridized carbons (Fsp3) is 0. The van der Waals surface area contributed by atoms with Gasteiger partial charge in [0.05, 0.1) is 0 Å². The van der Waals surface area contributed by atoms with Gasteiger partial charge in [-0.25, -0.2) is 0 Å². The summed E-state index contributed by atoms with van der Waals surface area (Å²) in [5, 5.41) is 0. The molecule has 0 aromatic carbocycles. The first kappa shape index (κ1) is 26.1. The summed E-state index contributed by atoms with van der Waals surface area (Å²) in [5.74, 6) is 0. The molecule has 0 amide bonds. The van der Waals surface area contributed by atoms with Crippen molar-refractivity contribution in [1.29, 1.82) is 0 Å². The van der Waals surface area contributed by atoms with Crippen LogP contribution in [0.3, 0.4) is 0 Å². The van der Waals surface area contributed by atoms with Gasteiger partial charge in [0, 0.05) is 103 Å². The Morgan fingerprint density at radius 3 is 1.00 bits per heavy atom. The second-order valence-corrected chi connectivity index (χ2v) is 0. The average Bonchev–Trinajstić information content (AvgIpc) is 0. The van der Waals surface area contributed by atoms with E-state index in [4.69, 9.17) is 0 Å². The van der Waals surface area contributed by atoms with E-state index in [1.54, 1.807) is 0 Å². The zero-order chi connectivity index (χ0) is 0. The Balaban J connectivity index is 0. The van der Waals surface area contributed by atoms with Crippen molar-refractivity contribution in [3.63, 3.8) is 0 Å². The Labute approximate surface area is 101 Å². The second kappa shape index (κ2) is 16.1. The first-order valence-corrected chi connectivity index (χ1v) is 0. The topological polar surface area (TPSA) is 0 Å². The molecule has 0 bridgehead atoms. The molecule has 0 fully saturated rings. The minimum atomic E-state index is 0. The molecule has 0 aliphatic rings. The molecule has 0 rings (SSSR count). The number of hydrogen-bond acceptors (Lipinski definition) is 0. The van der Waals surface area contributed by atoms with Crippen LogP contribution in [0.1, 0.15) is 0 Å². The molecule has 0 saturated heterocycles. The van der Waals surface area contributed by atoms with Crippen molar-refractivity contribution in [1.82, 2.24) is 0 Å². The summed E-state index contributed by atoms with van der Waals surface area (Å²) in [4.78, 5) is 0. The summed E-state index contributed by atoms with van der Waals surface area (Å²) in [6.07, 6.45) is 0. The maximum absolute atomic E-state index is 0. The van der Waals surface area contributed by atoms with Gasteiger partial charge in [-0.15, -0.1) is 0 Å². The molecule has 0 aliphatic carbocycles. The molecule has 0 aromatic rings. The van der Waals surface area contributed by atoms with Crippen LogP contribution in [0.2, 0.25) is 0 Å². The molecular weight excluding hydrogens is 321 g/mol. The Kier molecular flexibility index (Phi) is 105. The van der Waals surface area contributed by atoms with Gasteiger partial charge < -0.3 is 0 Å². The zero-order valence-corrected chi connectivity index (χ0v) is 11.1. The minimum Gasteiger partial charge on any atom is 0 e. The summed E-state index contributed by atoms with van der Waals surface area (Å²) >= 11 is 0. The Morgan fingerprint density at radius 1 is 1.00 bits per heavy atom. The third-order valence-corrected chi connectivity index (χ3v) is 0. The van der Waals surface area contributed by atoms with Gasteiger partial charge in [0.1, 0.15) is 0 Å². The van der Waals surface area contributed by atoms with Gasteiger partial charge in [-0.1, -0.05) is 0 Å². The third-order valence-electron chi connectivity index (χ3n) is 0. The Hall–Kier alpha value is 3.44. The van der Waals surface area contributed by atoms with Crippen LogP contribution in [-0.2, 0) is 103 Å². The Morgan fingerprint density at radius 2 is 1.00 bits per heavy atom. The van der Waals surface area contributed by atoms with Crippen molar-refractivity contribution in [3.05, 3.63) is 0 Å². The maximum Gasteiger partial charge on any atom is 0 e. The molecule has 0 aliphatic heterocycles. The molecule has 4 heavy (non-hydrogen) atoms. The first-order chi connectivity index (χ1) is 0. The summed E-state index contributed by atoms with van der Waals surface area (Å²) in [6, 6.07) is 0. The van der Waals surface area contributed by atoms with E-state index in [1.165, 1.54) is 0 Å². The van der Waals surface area contributed by atoms with Gasteiger partial charge >= 0.3 is 0 Å². The summed E-state index contributed by atoms with van der Waals surface area (Å²) in [6.45, 7) is 0. The van der Waals surface area contributed by atoms with E-state index in [9.17, 15) is 0 Å². The largest absolute Gasteiger partial charge is 0 e. The van der Waals surface area contributed by atoms with Gasteiger partial charge in [0.15, 0.2) is 0 Å². The first-order valence-electron chi connectivity index (χ1n) is 0. The molecule has 0 atom stereocenters. The fourth-order valence-electron chi connectivity index (χ4n) is 0. The van der Waals surface area contributed by atoms with E-state index in [0.717, 1.165) is 0 Å². The molecule has 2 radical (unpaired) electrons. The van der Waals surface area contributed by atoms with Crippen molar-refractivity contribution in [3.8, 4) is 0 Å². The monoisotopic (exact) mass is 320 g/mol. The van der Waals surface area contributed by atoms with Crippen LogP contribution in [0, 0.1) is 0 Å². The fourth-order valence-corrected chi connectivity index (χ4v) is 0. The SMILES string of the molecule is [Nb].[Ti].[Y].[Zr]. The van der Waals surface area contributed by atoms with E-state index in [2.05, 4.69) is 0 Å². The quantitative estimate of drug-likeness (QED) is 0.551. The van der Waals surface area contributed by atoms with E-state index in [0.29, 0.717) is 0 Å². The minimum absolute atomic E-state index is 0. The predicted octanol–water partition coefficient (Wildman–Crippen LogP) is -0.0100. The van der Waals surface area contributed by atoms with Crippen LogP contribution >= 0.6 is 0 Å². The van der Waals surface area contributed by atoms with Crippen LogP contribution in [0.5, 0.6) is 0 Å². The molecule has 0 heterocycles. The van der Waals surface area contributed by atoms with Gasteiger partial charge in [0.25, 0.3) is 0 Å². The molecule has 16 valence electrons. The van der Waals surface area contributed by atoms with Gasteiger partial charge in [-0.05, 0) is 0 Å². The molecule has 0 aromatic heterocycles. The Bertz CT molecular complexity index is 8.00. The normalized spacial score (nSPS) is 0. The summed E-state index contributed by atoms with van der Waals surface area (Å²) in [5.41, 5.74) is 0. The molecule has 0 saturated carbocycles. The van der Waals surface area contributed by atoms with Crippen LogP contribution in [0.4, 0.5) is 0 Å². The van der Waals surface area contributed by atoms with Crippen LogP contribution in [-0.4, -0.2) is 0 Å². The maximum atomic E-state index is 0. The van der Waals surface area contributed by atoms with Crippen molar-refractivity contribution in [2.45, 2.75) is 0 Å². The van der Waals surface area contributed by atoms with E-state index < -0.39 is 0 Å². The van der Waals surface area contributed by atoms with E-state index >= 15 is 0 Å². The molecular formula is NbTiYZr. The van der Waals surface area contributed by atoms with Crippen molar-refractivity contribution >= 4 is 0 Å². The van der Waals surface area contributed by atoms with E-state index in [-0.39, 0.29) is 103 Å². The van der Waals surface area contributed by atoms with Crippen molar-refractivity contribution < 1.29 is 103 Å². The average molecular weight is 321 g/mol. The van der Waals surface area contributed by atoms with Crippen molar-refractivity contribution in [2.24, 2.45) is 0 Å².